The van der Waals surface area contributed by atoms with Crippen molar-refractivity contribution >= 4 is 45.7 Å². The van der Waals surface area contributed by atoms with Crippen LogP contribution in [-0.4, -0.2) is 29.5 Å². The number of carbonyl (C=O) groups is 3. The van der Waals surface area contributed by atoms with Crippen molar-refractivity contribution in [2.24, 2.45) is 5.73 Å². The van der Waals surface area contributed by atoms with Crippen molar-refractivity contribution in [3.8, 4) is 5.75 Å². The first-order valence-corrected chi connectivity index (χ1v) is 8.25. The number of carboxylic acid groups (broad SMARTS) is 1. The summed E-state index contributed by atoms with van der Waals surface area (Å²) in [5.41, 5.74) is 6.04. The summed E-state index contributed by atoms with van der Waals surface area (Å²) in [4.78, 5) is 34.9. The molecule has 0 unspecified atom stereocenters. The Hall–Kier alpha value is -2.58. The molecule has 0 saturated carbocycles. The van der Waals surface area contributed by atoms with Crippen LogP contribution in [0.15, 0.2) is 18.2 Å². The quantitative estimate of drug-likeness (QED) is 0.709. The predicted molar refractivity (Wildman–Crippen MR) is 94.8 cm³/mol. The molecule has 1 aromatic heterocycles. The maximum absolute atomic E-state index is 12.1. The topological polar surface area (TPSA) is 119 Å². The van der Waals surface area contributed by atoms with Crippen LogP contribution in [0, 0.1) is 13.8 Å². The van der Waals surface area contributed by atoms with E-state index in [2.05, 4.69) is 5.32 Å². The summed E-state index contributed by atoms with van der Waals surface area (Å²) >= 11 is 6.67. The maximum atomic E-state index is 12.1. The predicted octanol–water partition coefficient (Wildman–Crippen LogP) is 2.83. The van der Waals surface area contributed by atoms with Crippen LogP contribution in [0.5, 0.6) is 5.75 Å². The molecule has 132 valence electrons. The monoisotopic (exact) mass is 382 g/mol. The first-order chi connectivity index (χ1) is 11.7. The Morgan fingerprint density at radius 3 is 2.56 bits per heavy atom. The number of nitrogens with two attached hydrogens (primary N) is 1. The number of nitrogens with one attached hydrogen (secondary N) is 1. The van der Waals surface area contributed by atoms with E-state index in [0.29, 0.717) is 10.8 Å². The standard InChI is InChI=1S/C16H15ClN2O5S/c1-7-5-9(17)3-4-10(7)24-6-11(20)19-15-12(16(22)23)8(2)13(25-15)14(18)21/h3-5H,6H2,1-2H3,(H2,18,21)(H,19,20)(H,22,23). The van der Waals surface area contributed by atoms with Gasteiger partial charge in [-0.2, -0.15) is 0 Å². The van der Waals surface area contributed by atoms with E-state index >= 15 is 0 Å². The maximum Gasteiger partial charge on any atom is 0.339 e. The summed E-state index contributed by atoms with van der Waals surface area (Å²) in [6.45, 7) is 2.91. The van der Waals surface area contributed by atoms with Crippen molar-refractivity contribution < 1.29 is 24.2 Å². The number of aromatic carboxylic acids is 1. The Kier molecular flexibility index (Phi) is 5.66. The van der Waals surface area contributed by atoms with Crippen LogP contribution >= 0.6 is 22.9 Å². The van der Waals surface area contributed by atoms with Crippen molar-refractivity contribution in [1.29, 1.82) is 0 Å². The Labute approximate surface area is 152 Å². The molecular weight excluding hydrogens is 368 g/mol. The molecular formula is C16H15ClN2O5S. The minimum atomic E-state index is -1.26. The van der Waals surface area contributed by atoms with Crippen LogP contribution in [0.25, 0.3) is 0 Å². The zero-order valence-corrected chi connectivity index (χ0v) is 15.0. The largest absolute Gasteiger partial charge is 0.483 e. The highest BCUT2D eigenvalue weighted by molar-refractivity contribution is 7.18. The lowest BCUT2D eigenvalue weighted by atomic mass is 10.1. The normalized spacial score (nSPS) is 10.4. The van der Waals surface area contributed by atoms with Crippen molar-refractivity contribution in [3.05, 3.63) is 44.8 Å². The number of hydrogen-bond acceptors (Lipinski definition) is 5. The van der Waals surface area contributed by atoms with Gasteiger partial charge in [-0.05, 0) is 43.2 Å². The van der Waals surface area contributed by atoms with Crippen molar-refractivity contribution in [3.63, 3.8) is 0 Å². The molecule has 0 atom stereocenters. The van der Waals surface area contributed by atoms with Gasteiger partial charge in [-0.25, -0.2) is 4.79 Å². The van der Waals surface area contributed by atoms with Gasteiger partial charge in [0, 0.05) is 5.02 Å². The van der Waals surface area contributed by atoms with Crippen LogP contribution in [0.1, 0.15) is 31.2 Å². The molecule has 1 heterocycles. The second kappa shape index (κ2) is 7.54. The molecule has 9 heteroatoms. The average Bonchev–Trinajstić information content (AvgIpc) is 2.83. The summed E-state index contributed by atoms with van der Waals surface area (Å²) < 4.78 is 5.41. The van der Waals surface area contributed by atoms with Gasteiger partial charge in [0.1, 0.15) is 10.8 Å². The molecule has 0 saturated heterocycles. The Bertz CT molecular complexity index is 862. The van der Waals surface area contributed by atoms with Crippen LogP contribution < -0.4 is 15.8 Å². The van der Waals surface area contributed by atoms with Crippen LogP contribution in [0.2, 0.25) is 5.02 Å². The first-order valence-electron chi connectivity index (χ1n) is 7.06. The summed E-state index contributed by atoms with van der Waals surface area (Å²) in [6.07, 6.45) is 0. The van der Waals surface area contributed by atoms with E-state index in [4.69, 9.17) is 22.1 Å². The van der Waals surface area contributed by atoms with E-state index in [9.17, 15) is 19.5 Å². The number of halogens is 1. The third kappa shape index (κ3) is 4.28. The molecule has 2 rings (SSSR count). The van der Waals surface area contributed by atoms with Gasteiger partial charge in [-0.1, -0.05) is 11.6 Å². The summed E-state index contributed by atoms with van der Waals surface area (Å²) in [7, 11) is 0. The van der Waals surface area contributed by atoms with E-state index < -0.39 is 17.8 Å². The van der Waals surface area contributed by atoms with Crippen LogP contribution in [0.3, 0.4) is 0 Å². The molecule has 0 aliphatic rings. The number of carbonyl (C=O) groups excluding carboxylic acids is 2. The number of benzene rings is 1. The average molecular weight is 383 g/mol. The number of primary amides is 1. The van der Waals surface area contributed by atoms with Gasteiger partial charge in [0.15, 0.2) is 6.61 Å². The highest BCUT2D eigenvalue weighted by Crippen LogP contribution is 2.32. The molecule has 2 amide bonds. The molecule has 0 aliphatic carbocycles. The molecule has 0 spiro atoms. The number of amides is 2. The lowest BCUT2D eigenvalue weighted by Gasteiger charge is -2.09. The number of carboxylic acids is 1. The fourth-order valence-corrected chi connectivity index (χ4v) is 3.47. The van der Waals surface area contributed by atoms with Crippen molar-refractivity contribution in [1.82, 2.24) is 0 Å². The SMILES string of the molecule is Cc1cc(Cl)ccc1OCC(=O)Nc1sc(C(N)=O)c(C)c1C(=O)O. The van der Waals surface area contributed by atoms with E-state index in [0.717, 1.165) is 16.9 Å². The second-order valence-corrected chi connectivity index (χ2v) is 6.63. The third-order valence-corrected chi connectivity index (χ3v) is 4.79. The smallest absolute Gasteiger partial charge is 0.339 e. The summed E-state index contributed by atoms with van der Waals surface area (Å²) in [5.74, 6) is -2.09. The fourth-order valence-electron chi connectivity index (χ4n) is 2.17. The number of aryl methyl sites for hydroxylation is 1. The zero-order chi connectivity index (χ0) is 18.7. The summed E-state index contributed by atoms with van der Waals surface area (Å²) in [6, 6.07) is 4.96. The molecule has 7 nitrogen and oxygen atoms in total. The van der Waals surface area contributed by atoms with Gasteiger partial charge in [0.2, 0.25) is 0 Å². The van der Waals surface area contributed by atoms with E-state index in [1.807, 2.05) is 0 Å². The molecule has 0 radical (unpaired) electrons. The minimum absolute atomic E-state index is 0.0419. The van der Waals surface area contributed by atoms with E-state index in [-0.39, 0.29) is 27.6 Å². The highest BCUT2D eigenvalue weighted by Gasteiger charge is 2.24. The molecule has 0 fully saturated rings. The van der Waals surface area contributed by atoms with E-state index in [1.54, 1.807) is 25.1 Å². The highest BCUT2D eigenvalue weighted by atomic mass is 35.5. The molecule has 0 aliphatic heterocycles. The lowest BCUT2D eigenvalue weighted by molar-refractivity contribution is -0.118. The molecule has 4 N–H and O–H groups in total. The first kappa shape index (κ1) is 18.8. The van der Waals surface area contributed by atoms with Gasteiger partial charge < -0.3 is 20.9 Å². The number of rotatable bonds is 6. The lowest BCUT2D eigenvalue weighted by Crippen LogP contribution is -2.21. The molecule has 0 bridgehead atoms. The molecule has 25 heavy (non-hydrogen) atoms. The third-order valence-electron chi connectivity index (χ3n) is 3.33. The van der Waals surface area contributed by atoms with Gasteiger partial charge >= 0.3 is 5.97 Å². The molecule has 2 aromatic rings. The Balaban J connectivity index is 2.13. The van der Waals surface area contributed by atoms with Gasteiger partial charge in [0.05, 0.1) is 10.4 Å². The number of thiophene rings is 1. The zero-order valence-electron chi connectivity index (χ0n) is 13.4. The summed E-state index contributed by atoms with van der Waals surface area (Å²) in [5, 5.41) is 12.3. The van der Waals surface area contributed by atoms with Crippen molar-refractivity contribution in [2.75, 3.05) is 11.9 Å². The minimum Gasteiger partial charge on any atom is -0.483 e. The van der Waals surface area contributed by atoms with Crippen LogP contribution in [0.4, 0.5) is 5.00 Å². The van der Waals surface area contributed by atoms with E-state index in [1.165, 1.54) is 6.92 Å². The van der Waals surface area contributed by atoms with Gasteiger partial charge in [0.25, 0.3) is 11.8 Å². The van der Waals surface area contributed by atoms with Crippen LogP contribution in [-0.2, 0) is 4.79 Å². The number of anilines is 1. The van der Waals surface area contributed by atoms with Gasteiger partial charge in [-0.15, -0.1) is 11.3 Å². The fraction of sp³-hybridized carbons (Fsp3) is 0.188. The van der Waals surface area contributed by atoms with Gasteiger partial charge in [-0.3, -0.25) is 9.59 Å². The Morgan fingerprint density at radius 1 is 1.32 bits per heavy atom. The van der Waals surface area contributed by atoms with Crippen molar-refractivity contribution in [2.45, 2.75) is 13.8 Å². The Morgan fingerprint density at radius 2 is 2.00 bits per heavy atom. The molecule has 1 aromatic carbocycles. The number of ether oxygens (including phenoxy) is 1. The second-order valence-electron chi connectivity index (χ2n) is 5.18. The number of hydrogen-bond donors (Lipinski definition) is 3.